The number of hydrogen-bond acceptors (Lipinski definition) is 4. The highest BCUT2D eigenvalue weighted by Gasteiger charge is 2.11. The number of pyridine rings is 1. The van der Waals surface area contributed by atoms with E-state index in [9.17, 15) is 4.39 Å². The van der Waals surface area contributed by atoms with E-state index in [4.69, 9.17) is 11.6 Å². The molecule has 0 amide bonds. The van der Waals surface area contributed by atoms with Crippen molar-refractivity contribution in [3.05, 3.63) is 41.8 Å². The first-order valence-corrected chi connectivity index (χ1v) is 5.10. The van der Waals surface area contributed by atoms with Crippen LogP contribution in [-0.4, -0.2) is 24.7 Å². The number of nitrogens with zero attached hydrogens (tertiary/aromatic N) is 5. The molecule has 0 saturated carbocycles. The molecule has 84 valence electrons. The summed E-state index contributed by atoms with van der Waals surface area (Å²) in [5.41, 5.74) is 0.419. The molecule has 0 aliphatic carbocycles. The first kappa shape index (κ1) is 10.1. The lowest BCUT2D eigenvalue weighted by molar-refractivity contribution is 0.602. The molecule has 5 nitrogen and oxygen atoms in total. The van der Waals surface area contributed by atoms with Crippen molar-refractivity contribution in [2.24, 2.45) is 0 Å². The predicted molar refractivity (Wildman–Crippen MR) is 59.4 cm³/mol. The Morgan fingerprint density at radius 1 is 1.24 bits per heavy atom. The lowest BCUT2D eigenvalue weighted by atomic mass is 10.4. The van der Waals surface area contributed by atoms with E-state index in [1.807, 2.05) is 0 Å². The van der Waals surface area contributed by atoms with E-state index in [-0.39, 0.29) is 11.1 Å². The van der Waals surface area contributed by atoms with Crippen molar-refractivity contribution in [3.63, 3.8) is 0 Å². The Hall–Kier alpha value is -2.08. The van der Waals surface area contributed by atoms with Crippen molar-refractivity contribution in [3.8, 4) is 5.82 Å². The van der Waals surface area contributed by atoms with E-state index >= 15 is 0 Å². The van der Waals surface area contributed by atoms with E-state index in [2.05, 4.69) is 20.1 Å². The van der Waals surface area contributed by atoms with Crippen LogP contribution in [0.3, 0.4) is 0 Å². The summed E-state index contributed by atoms with van der Waals surface area (Å²) in [7, 11) is 0. The van der Waals surface area contributed by atoms with E-state index in [0.29, 0.717) is 11.0 Å². The minimum atomic E-state index is -0.479. The SMILES string of the molecule is Fc1cccnc1-n1ncc2cnc(Cl)nc21. The molecule has 0 saturated heterocycles. The Labute approximate surface area is 99.9 Å². The highest BCUT2D eigenvalue weighted by molar-refractivity contribution is 6.28. The third kappa shape index (κ3) is 1.62. The summed E-state index contributed by atoms with van der Waals surface area (Å²) in [6.07, 6.45) is 4.53. The largest absolute Gasteiger partial charge is 0.234 e. The van der Waals surface area contributed by atoms with E-state index in [0.717, 1.165) is 0 Å². The van der Waals surface area contributed by atoms with Crippen molar-refractivity contribution in [1.82, 2.24) is 24.7 Å². The summed E-state index contributed by atoms with van der Waals surface area (Å²) >= 11 is 5.70. The van der Waals surface area contributed by atoms with Crippen molar-refractivity contribution >= 4 is 22.6 Å². The normalized spacial score (nSPS) is 10.9. The Bertz CT molecular complexity index is 696. The van der Waals surface area contributed by atoms with Crippen LogP contribution in [0.4, 0.5) is 4.39 Å². The van der Waals surface area contributed by atoms with Crippen LogP contribution in [0.15, 0.2) is 30.7 Å². The highest BCUT2D eigenvalue weighted by Crippen LogP contribution is 2.17. The van der Waals surface area contributed by atoms with Crippen LogP contribution in [0.25, 0.3) is 16.9 Å². The first-order chi connectivity index (χ1) is 8.25. The molecular formula is C10H5ClFN5. The Morgan fingerprint density at radius 3 is 2.94 bits per heavy atom. The Morgan fingerprint density at radius 2 is 2.12 bits per heavy atom. The molecule has 0 aliphatic rings. The maximum Gasteiger partial charge on any atom is 0.224 e. The summed E-state index contributed by atoms with van der Waals surface area (Å²) in [5, 5.41) is 4.77. The summed E-state index contributed by atoms with van der Waals surface area (Å²) in [5.74, 6) is -0.399. The van der Waals surface area contributed by atoms with Gasteiger partial charge in [0.1, 0.15) is 0 Å². The van der Waals surface area contributed by atoms with Crippen molar-refractivity contribution in [1.29, 1.82) is 0 Å². The van der Waals surface area contributed by atoms with Crippen LogP contribution in [0, 0.1) is 5.82 Å². The monoisotopic (exact) mass is 249 g/mol. The second-order valence-electron chi connectivity index (χ2n) is 3.28. The molecule has 0 radical (unpaired) electrons. The van der Waals surface area contributed by atoms with Crippen LogP contribution in [0.1, 0.15) is 0 Å². The summed E-state index contributed by atoms with van der Waals surface area (Å²) in [6.45, 7) is 0. The number of fused-ring (bicyclic) bond motifs is 1. The third-order valence-corrected chi connectivity index (χ3v) is 2.40. The molecule has 3 heterocycles. The predicted octanol–water partition coefficient (Wildman–Crippen LogP) is 2.00. The fourth-order valence-electron chi connectivity index (χ4n) is 1.48. The molecule has 3 rings (SSSR count). The molecule has 7 heteroatoms. The van der Waals surface area contributed by atoms with Gasteiger partial charge < -0.3 is 0 Å². The average Bonchev–Trinajstić information content (AvgIpc) is 2.72. The Kier molecular flexibility index (Phi) is 2.22. The molecule has 17 heavy (non-hydrogen) atoms. The molecule has 0 aliphatic heterocycles. The van der Waals surface area contributed by atoms with Gasteiger partial charge in [-0.05, 0) is 23.7 Å². The first-order valence-electron chi connectivity index (χ1n) is 4.73. The molecular weight excluding hydrogens is 245 g/mol. The summed E-state index contributed by atoms with van der Waals surface area (Å²) in [4.78, 5) is 11.7. The topological polar surface area (TPSA) is 56.5 Å². The molecule has 3 aromatic rings. The highest BCUT2D eigenvalue weighted by atomic mass is 35.5. The van der Waals surface area contributed by atoms with E-state index in [1.165, 1.54) is 35.4 Å². The zero-order valence-corrected chi connectivity index (χ0v) is 9.13. The quantitative estimate of drug-likeness (QED) is 0.619. The molecule has 0 aromatic carbocycles. The molecule has 3 aromatic heterocycles. The zero-order valence-electron chi connectivity index (χ0n) is 8.38. The van der Waals surface area contributed by atoms with Gasteiger partial charge in [0, 0.05) is 12.4 Å². The lowest BCUT2D eigenvalue weighted by Gasteiger charge is -2.02. The molecule has 0 unspecified atom stereocenters. The minimum Gasteiger partial charge on any atom is -0.234 e. The minimum absolute atomic E-state index is 0.0792. The van der Waals surface area contributed by atoms with Gasteiger partial charge in [0.25, 0.3) is 0 Å². The number of halogens is 2. The van der Waals surface area contributed by atoms with Gasteiger partial charge in [-0.2, -0.15) is 14.8 Å². The lowest BCUT2D eigenvalue weighted by Crippen LogP contribution is -2.03. The summed E-state index contributed by atoms with van der Waals surface area (Å²) < 4.78 is 14.9. The molecule has 0 N–H and O–H groups in total. The van der Waals surface area contributed by atoms with Gasteiger partial charge in [-0.25, -0.2) is 14.4 Å². The van der Waals surface area contributed by atoms with Gasteiger partial charge in [0.05, 0.1) is 11.6 Å². The maximum absolute atomic E-state index is 13.6. The number of aromatic nitrogens is 5. The molecule has 0 bridgehead atoms. The molecule has 0 spiro atoms. The van der Waals surface area contributed by atoms with Crippen molar-refractivity contribution < 1.29 is 4.39 Å². The standard InChI is InChI=1S/C10H5ClFN5/c11-10-14-4-6-5-15-17(8(6)16-10)9-7(12)2-1-3-13-9/h1-5H. The second kappa shape index (κ2) is 3.74. The fourth-order valence-corrected chi connectivity index (χ4v) is 1.61. The Balaban J connectivity index is 2.31. The maximum atomic E-state index is 13.6. The van der Waals surface area contributed by atoms with Gasteiger partial charge in [0.2, 0.25) is 5.28 Å². The smallest absolute Gasteiger partial charge is 0.224 e. The van der Waals surface area contributed by atoms with Crippen LogP contribution in [0.2, 0.25) is 5.28 Å². The van der Waals surface area contributed by atoms with Gasteiger partial charge in [0.15, 0.2) is 17.3 Å². The van der Waals surface area contributed by atoms with Gasteiger partial charge in [-0.3, -0.25) is 0 Å². The van der Waals surface area contributed by atoms with Crippen molar-refractivity contribution in [2.75, 3.05) is 0 Å². The zero-order chi connectivity index (χ0) is 11.8. The van der Waals surface area contributed by atoms with Crippen LogP contribution >= 0.6 is 11.6 Å². The fraction of sp³-hybridized carbons (Fsp3) is 0. The van der Waals surface area contributed by atoms with Crippen LogP contribution < -0.4 is 0 Å². The van der Waals surface area contributed by atoms with E-state index < -0.39 is 5.82 Å². The van der Waals surface area contributed by atoms with Crippen LogP contribution in [0.5, 0.6) is 0 Å². The average molecular weight is 250 g/mol. The van der Waals surface area contributed by atoms with Crippen LogP contribution in [-0.2, 0) is 0 Å². The summed E-state index contributed by atoms with van der Waals surface area (Å²) in [6, 6.07) is 2.81. The molecule has 0 atom stereocenters. The van der Waals surface area contributed by atoms with Gasteiger partial charge >= 0.3 is 0 Å². The second-order valence-corrected chi connectivity index (χ2v) is 3.62. The van der Waals surface area contributed by atoms with Gasteiger partial charge in [-0.1, -0.05) is 0 Å². The third-order valence-electron chi connectivity index (χ3n) is 2.22. The van der Waals surface area contributed by atoms with Crippen molar-refractivity contribution in [2.45, 2.75) is 0 Å². The number of rotatable bonds is 1. The number of hydrogen-bond donors (Lipinski definition) is 0. The molecule has 0 fully saturated rings. The van der Waals surface area contributed by atoms with E-state index in [1.54, 1.807) is 0 Å². The van der Waals surface area contributed by atoms with Gasteiger partial charge in [-0.15, -0.1) is 0 Å².